The number of hydrogen-bond acceptors (Lipinski definition) is 5. The number of urea groups is 1. The lowest BCUT2D eigenvalue weighted by Crippen LogP contribution is -2.53. The van der Waals surface area contributed by atoms with Crippen LogP contribution in [0.4, 0.5) is 21.9 Å². The number of pyridine rings is 1. The van der Waals surface area contributed by atoms with Gasteiger partial charge >= 0.3 is 16.2 Å². The quantitative estimate of drug-likeness (QED) is 0.464. The van der Waals surface area contributed by atoms with Crippen molar-refractivity contribution < 1.29 is 13.2 Å². The second-order valence-electron chi connectivity index (χ2n) is 10.4. The van der Waals surface area contributed by atoms with Crippen molar-refractivity contribution in [3.8, 4) is 0 Å². The number of nitrogens with one attached hydrogen (secondary N) is 2. The molecule has 1 unspecified atom stereocenters. The number of aryl methyl sites for hydroxylation is 2. The molecule has 1 atom stereocenters. The molecule has 2 aliphatic rings. The summed E-state index contributed by atoms with van der Waals surface area (Å²) in [6.07, 6.45) is 3.47. The first kappa shape index (κ1) is 27.1. The Labute approximate surface area is 231 Å². The number of amides is 2. The summed E-state index contributed by atoms with van der Waals surface area (Å²) in [7, 11) is -1.96. The summed E-state index contributed by atoms with van der Waals surface area (Å²) in [5.74, 6) is 0.421. The van der Waals surface area contributed by atoms with Gasteiger partial charge in [-0.25, -0.2) is 4.79 Å². The molecule has 2 amide bonds. The normalized spacial score (nSPS) is 18.0. The molecule has 5 rings (SSSR count). The molecule has 2 heterocycles. The minimum absolute atomic E-state index is 0.287. The van der Waals surface area contributed by atoms with Crippen LogP contribution < -0.4 is 14.9 Å². The maximum atomic E-state index is 13.3. The number of piperazine rings is 1. The third kappa shape index (κ3) is 6.08. The maximum absolute atomic E-state index is 13.3. The van der Waals surface area contributed by atoms with Gasteiger partial charge in [-0.05, 0) is 73.6 Å². The number of para-hydroxylation sites is 1. The first-order valence-electron chi connectivity index (χ1n) is 13.3. The molecule has 0 saturated carbocycles. The predicted octanol–water partition coefficient (Wildman–Crippen LogP) is 4.06. The van der Waals surface area contributed by atoms with Crippen molar-refractivity contribution in [2.24, 2.45) is 5.92 Å². The SMILES string of the molecule is Cc1ccc(NC(=O)Nc2cccc3c2CC(CN2CCN(S(=O)(=O)N(C)c4ccccc4C)CC2)C3)cn1. The Hall–Kier alpha value is -3.47. The Kier molecular flexibility index (Phi) is 7.88. The van der Waals surface area contributed by atoms with Crippen LogP contribution in [-0.2, 0) is 23.1 Å². The number of anilines is 3. The molecule has 39 heavy (non-hydrogen) atoms. The van der Waals surface area contributed by atoms with Gasteiger partial charge in [0.2, 0.25) is 0 Å². The number of carbonyl (C=O) groups is 1. The van der Waals surface area contributed by atoms with Gasteiger partial charge in [-0.3, -0.25) is 9.29 Å². The van der Waals surface area contributed by atoms with E-state index in [1.165, 1.54) is 15.4 Å². The summed E-state index contributed by atoms with van der Waals surface area (Å²) in [6, 6.07) is 17.0. The van der Waals surface area contributed by atoms with Gasteiger partial charge in [0.05, 0.1) is 17.6 Å². The summed E-state index contributed by atoms with van der Waals surface area (Å²) in [5.41, 5.74) is 6.46. The van der Waals surface area contributed by atoms with Crippen molar-refractivity contribution in [1.29, 1.82) is 0 Å². The van der Waals surface area contributed by atoms with Gasteiger partial charge in [-0.2, -0.15) is 12.7 Å². The molecule has 0 radical (unpaired) electrons. The van der Waals surface area contributed by atoms with E-state index in [1.807, 2.05) is 62.4 Å². The van der Waals surface area contributed by atoms with Crippen LogP contribution >= 0.6 is 0 Å². The molecule has 1 fully saturated rings. The Morgan fingerprint density at radius 1 is 0.974 bits per heavy atom. The fourth-order valence-electron chi connectivity index (χ4n) is 5.53. The highest BCUT2D eigenvalue weighted by atomic mass is 32.2. The van der Waals surface area contributed by atoms with Crippen LogP contribution in [0.25, 0.3) is 0 Å². The average Bonchev–Trinajstić information content (AvgIpc) is 3.34. The molecule has 1 aliphatic heterocycles. The first-order valence-corrected chi connectivity index (χ1v) is 14.7. The second-order valence-corrected chi connectivity index (χ2v) is 12.4. The van der Waals surface area contributed by atoms with E-state index in [4.69, 9.17) is 0 Å². The van der Waals surface area contributed by atoms with Crippen molar-refractivity contribution in [3.05, 3.63) is 83.2 Å². The zero-order valence-corrected chi connectivity index (χ0v) is 23.5. The lowest BCUT2D eigenvalue weighted by atomic mass is 10.1. The molecule has 0 spiro atoms. The Balaban J connectivity index is 1.15. The minimum atomic E-state index is -3.58. The zero-order valence-electron chi connectivity index (χ0n) is 22.7. The van der Waals surface area contributed by atoms with Crippen LogP contribution in [0.3, 0.4) is 0 Å². The summed E-state index contributed by atoms with van der Waals surface area (Å²) in [4.78, 5) is 19.2. The van der Waals surface area contributed by atoms with Crippen molar-refractivity contribution in [1.82, 2.24) is 14.2 Å². The summed E-state index contributed by atoms with van der Waals surface area (Å²) >= 11 is 0. The minimum Gasteiger partial charge on any atom is -0.307 e. The molecule has 9 nitrogen and oxygen atoms in total. The Morgan fingerprint density at radius 3 is 2.46 bits per heavy atom. The third-order valence-electron chi connectivity index (χ3n) is 7.67. The van der Waals surface area contributed by atoms with Gasteiger partial charge in [0.15, 0.2) is 0 Å². The monoisotopic (exact) mass is 548 g/mol. The fourth-order valence-corrected chi connectivity index (χ4v) is 6.96. The van der Waals surface area contributed by atoms with E-state index < -0.39 is 10.2 Å². The van der Waals surface area contributed by atoms with Crippen molar-refractivity contribution in [3.63, 3.8) is 0 Å². The number of rotatable bonds is 7. The summed E-state index contributed by atoms with van der Waals surface area (Å²) < 4.78 is 29.5. The number of benzene rings is 2. The molecule has 2 aromatic carbocycles. The van der Waals surface area contributed by atoms with Crippen molar-refractivity contribution in [2.75, 3.05) is 54.7 Å². The van der Waals surface area contributed by atoms with Gasteiger partial charge in [0, 0.05) is 51.2 Å². The fraction of sp³-hybridized carbons (Fsp3) is 0.379. The van der Waals surface area contributed by atoms with E-state index in [-0.39, 0.29) is 6.03 Å². The number of fused-ring (bicyclic) bond motifs is 1. The molecule has 1 saturated heterocycles. The highest BCUT2D eigenvalue weighted by Gasteiger charge is 2.33. The smallest absolute Gasteiger partial charge is 0.307 e. The number of nitrogens with zero attached hydrogens (tertiary/aromatic N) is 4. The number of aromatic nitrogens is 1. The van der Waals surface area contributed by atoms with Gasteiger partial charge in [-0.15, -0.1) is 0 Å². The molecule has 1 aromatic heterocycles. The molecule has 2 N–H and O–H groups in total. The lowest BCUT2D eigenvalue weighted by molar-refractivity contribution is 0.166. The van der Waals surface area contributed by atoms with Gasteiger partial charge < -0.3 is 15.5 Å². The third-order valence-corrected chi connectivity index (χ3v) is 9.57. The lowest BCUT2D eigenvalue weighted by Gasteiger charge is -2.37. The van der Waals surface area contributed by atoms with E-state index >= 15 is 0 Å². The zero-order chi connectivity index (χ0) is 27.6. The predicted molar refractivity (Wildman–Crippen MR) is 155 cm³/mol. The highest BCUT2D eigenvalue weighted by Crippen LogP contribution is 2.33. The molecular formula is C29H36N6O3S. The van der Waals surface area contributed by atoms with E-state index in [2.05, 4.69) is 26.6 Å². The topological polar surface area (TPSA) is 97.9 Å². The summed E-state index contributed by atoms with van der Waals surface area (Å²) in [5, 5.41) is 5.86. The number of carbonyl (C=O) groups excluding carboxylic acids is 1. The first-order chi connectivity index (χ1) is 18.7. The average molecular weight is 549 g/mol. The van der Waals surface area contributed by atoms with E-state index in [0.29, 0.717) is 43.5 Å². The molecule has 1 aliphatic carbocycles. The van der Waals surface area contributed by atoms with Gasteiger partial charge in [-0.1, -0.05) is 30.3 Å². The Bertz CT molecular complexity index is 1440. The van der Waals surface area contributed by atoms with Gasteiger partial charge in [0.25, 0.3) is 0 Å². The molecule has 10 heteroatoms. The van der Waals surface area contributed by atoms with Crippen LogP contribution in [0.15, 0.2) is 60.8 Å². The van der Waals surface area contributed by atoms with Crippen LogP contribution in [-0.4, -0.2) is 68.4 Å². The number of hydrogen-bond donors (Lipinski definition) is 2. The molecule has 3 aromatic rings. The highest BCUT2D eigenvalue weighted by molar-refractivity contribution is 7.90. The maximum Gasteiger partial charge on any atom is 0.323 e. The largest absolute Gasteiger partial charge is 0.323 e. The summed E-state index contributed by atoms with van der Waals surface area (Å²) in [6.45, 7) is 7.07. The van der Waals surface area contributed by atoms with Crippen LogP contribution in [0.2, 0.25) is 0 Å². The molecule has 206 valence electrons. The van der Waals surface area contributed by atoms with E-state index in [0.717, 1.165) is 36.3 Å². The van der Waals surface area contributed by atoms with E-state index in [9.17, 15) is 13.2 Å². The van der Waals surface area contributed by atoms with Crippen LogP contribution in [0, 0.1) is 19.8 Å². The standard InChI is InChI=1S/C29H36N6O3S/c1-21-7-4-5-10-28(21)33(3)39(37,38)35-15-13-34(14-16-35)20-23-17-24-8-6-9-27(26(24)18-23)32-29(36)31-25-12-11-22(2)30-19-25/h4-12,19,23H,13-18,20H2,1-3H3,(H2,31,32,36). The van der Waals surface area contributed by atoms with Crippen molar-refractivity contribution >= 4 is 33.3 Å². The second kappa shape index (κ2) is 11.3. The Morgan fingerprint density at radius 2 is 1.74 bits per heavy atom. The molecule has 0 bridgehead atoms. The molecular weight excluding hydrogens is 512 g/mol. The van der Waals surface area contributed by atoms with Crippen molar-refractivity contribution in [2.45, 2.75) is 26.7 Å². The van der Waals surface area contributed by atoms with Crippen LogP contribution in [0.5, 0.6) is 0 Å². The van der Waals surface area contributed by atoms with Crippen LogP contribution in [0.1, 0.15) is 22.4 Å². The van der Waals surface area contributed by atoms with E-state index in [1.54, 1.807) is 17.5 Å². The van der Waals surface area contributed by atoms with Gasteiger partial charge in [0.1, 0.15) is 0 Å².